The molecule has 1 amide bonds. The normalized spacial score (nSPS) is 10.6. The van der Waals surface area contributed by atoms with Gasteiger partial charge in [0.1, 0.15) is 11.6 Å². The Kier molecular flexibility index (Phi) is 4.50. The van der Waals surface area contributed by atoms with Gasteiger partial charge in [-0.25, -0.2) is 9.07 Å². The van der Waals surface area contributed by atoms with Crippen molar-refractivity contribution >= 4 is 11.6 Å². The maximum Gasteiger partial charge on any atom is 0.316 e. The number of carbonyl (C=O) groups is 1. The van der Waals surface area contributed by atoms with Crippen molar-refractivity contribution in [3.05, 3.63) is 66.4 Å². The zero-order valence-corrected chi connectivity index (χ0v) is 14.5. The predicted molar refractivity (Wildman–Crippen MR) is 95.6 cm³/mol. The molecule has 0 aliphatic heterocycles. The van der Waals surface area contributed by atoms with E-state index in [2.05, 4.69) is 25.8 Å². The minimum absolute atomic E-state index is 0.105. The lowest BCUT2D eigenvalue weighted by molar-refractivity contribution is 0.0981. The molecule has 0 atom stereocenters. The Morgan fingerprint density at radius 2 is 1.89 bits per heavy atom. The molecule has 0 fully saturated rings. The molecule has 28 heavy (non-hydrogen) atoms. The first-order valence-corrected chi connectivity index (χ1v) is 8.10. The van der Waals surface area contributed by atoms with E-state index in [-0.39, 0.29) is 17.5 Å². The van der Waals surface area contributed by atoms with Gasteiger partial charge in [0.2, 0.25) is 5.82 Å². The summed E-state index contributed by atoms with van der Waals surface area (Å²) in [4.78, 5) is 16.3. The average molecular weight is 380 g/mol. The number of hydrogen-bond acceptors (Lipinski definition) is 7. The van der Waals surface area contributed by atoms with Crippen LogP contribution in [0.2, 0.25) is 0 Å². The monoisotopic (exact) mass is 380 g/mol. The van der Waals surface area contributed by atoms with Crippen molar-refractivity contribution in [2.45, 2.75) is 0 Å². The third-order valence-corrected chi connectivity index (χ3v) is 3.78. The molecule has 0 unspecified atom stereocenters. The molecule has 140 valence electrons. The molecule has 4 rings (SSSR count). The smallest absolute Gasteiger partial charge is 0.316 e. The van der Waals surface area contributed by atoms with Crippen LogP contribution in [-0.4, -0.2) is 38.2 Å². The number of hydrogen-bond donors (Lipinski definition) is 1. The Hall–Kier alpha value is -4.08. The Labute approximate surface area is 157 Å². The highest BCUT2D eigenvalue weighted by Crippen LogP contribution is 2.18. The van der Waals surface area contributed by atoms with Crippen LogP contribution in [0.1, 0.15) is 10.7 Å². The van der Waals surface area contributed by atoms with E-state index in [9.17, 15) is 9.18 Å². The average Bonchev–Trinajstić information content (AvgIpc) is 3.39. The summed E-state index contributed by atoms with van der Waals surface area (Å²) >= 11 is 0. The summed E-state index contributed by atoms with van der Waals surface area (Å²) in [6, 6.07) is 12.5. The minimum atomic E-state index is -0.560. The molecule has 0 saturated carbocycles. The standard InChI is InChI=1S/C18H13FN6O3/c1-27-14-8-4-12(5-9-14)20-17(26)18-21-16(23-28-18)15-10-25(24-22-15)13-6-2-11(19)3-7-13/h2-10H,1H3,(H,20,26). The molecule has 0 radical (unpaired) electrons. The molecule has 0 aliphatic carbocycles. The van der Waals surface area contributed by atoms with Gasteiger partial charge in [0.25, 0.3) is 0 Å². The van der Waals surface area contributed by atoms with Crippen molar-refractivity contribution in [2.75, 3.05) is 12.4 Å². The summed E-state index contributed by atoms with van der Waals surface area (Å²) < 4.78 is 24.5. The molecule has 2 heterocycles. The molecule has 4 aromatic rings. The highest BCUT2D eigenvalue weighted by Gasteiger charge is 2.18. The maximum absolute atomic E-state index is 13.0. The molecule has 10 heteroatoms. The largest absolute Gasteiger partial charge is 0.497 e. The van der Waals surface area contributed by atoms with Crippen molar-refractivity contribution < 1.29 is 18.4 Å². The van der Waals surface area contributed by atoms with Crippen molar-refractivity contribution in [2.24, 2.45) is 0 Å². The van der Waals surface area contributed by atoms with Crippen LogP contribution in [-0.2, 0) is 0 Å². The second-order valence-electron chi connectivity index (χ2n) is 5.63. The van der Waals surface area contributed by atoms with Crippen LogP contribution in [0.3, 0.4) is 0 Å². The molecule has 9 nitrogen and oxygen atoms in total. The molecule has 2 aromatic carbocycles. The second kappa shape index (κ2) is 7.27. The lowest BCUT2D eigenvalue weighted by Gasteiger charge is -2.03. The number of aromatic nitrogens is 5. The van der Waals surface area contributed by atoms with Gasteiger partial charge in [0, 0.05) is 5.69 Å². The van der Waals surface area contributed by atoms with E-state index in [1.807, 2.05) is 0 Å². The fourth-order valence-electron chi connectivity index (χ4n) is 2.36. The zero-order valence-electron chi connectivity index (χ0n) is 14.5. The van der Waals surface area contributed by atoms with Gasteiger partial charge in [-0.15, -0.1) is 5.10 Å². The van der Waals surface area contributed by atoms with E-state index in [4.69, 9.17) is 9.26 Å². The summed E-state index contributed by atoms with van der Waals surface area (Å²) in [5.41, 5.74) is 1.46. The molecular weight excluding hydrogens is 367 g/mol. The van der Waals surface area contributed by atoms with E-state index in [0.717, 1.165) is 0 Å². The first-order chi connectivity index (χ1) is 13.6. The van der Waals surface area contributed by atoms with E-state index >= 15 is 0 Å². The highest BCUT2D eigenvalue weighted by molar-refractivity contribution is 6.01. The molecule has 1 N–H and O–H groups in total. The number of benzene rings is 2. The number of anilines is 1. The quantitative estimate of drug-likeness (QED) is 0.567. The van der Waals surface area contributed by atoms with Crippen LogP contribution in [0.4, 0.5) is 10.1 Å². The van der Waals surface area contributed by atoms with E-state index in [0.29, 0.717) is 22.8 Å². The molecule has 2 aromatic heterocycles. The number of ether oxygens (including phenoxy) is 1. The van der Waals surface area contributed by atoms with Gasteiger partial charge in [-0.2, -0.15) is 4.98 Å². The SMILES string of the molecule is COc1ccc(NC(=O)c2nc(-c3cn(-c4ccc(F)cc4)nn3)no2)cc1. The Bertz CT molecular complexity index is 1110. The third kappa shape index (κ3) is 3.56. The number of halogens is 1. The first kappa shape index (κ1) is 17.3. The van der Waals surface area contributed by atoms with Gasteiger partial charge < -0.3 is 14.6 Å². The highest BCUT2D eigenvalue weighted by atomic mass is 19.1. The van der Waals surface area contributed by atoms with Gasteiger partial charge >= 0.3 is 11.8 Å². The number of nitrogens with one attached hydrogen (secondary N) is 1. The van der Waals surface area contributed by atoms with Gasteiger partial charge in [-0.05, 0) is 48.5 Å². The predicted octanol–water partition coefficient (Wildman–Crippen LogP) is 2.72. The van der Waals surface area contributed by atoms with Crippen LogP contribution in [0.5, 0.6) is 5.75 Å². The van der Waals surface area contributed by atoms with Crippen LogP contribution in [0, 0.1) is 5.82 Å². The van der Waals surface area contributed by atoms with Crippen LogP contribution in [0.25, 0.3) is 17.2 Å². The van der Waals surface area contributed by atoms with Crippen molar-refractivity contribution in [1.29, 1.82) is 0 Å². The summed E-state index contributed by atoms with van der Waals surface area (Å²) in [7, 11) is 1.56. The van der Waals surface area contributed by atoms with Gasteiger partial charge in [0.05, 0.1) is 19.0 Å². The third-order valence-electron chi connectivity index (χ3n) is 3.78. The fraction of sp³-hybridized carbons (Fsp3) is 0.0556. The van der Waals surface area contributed by atoms with E-state index in [1.54, 1.807) is 49.7 Å². The summed E-state index contributed by atoms with van der Waals surface area (Å²) in [6.07, 6.45) is 1.54. The minimum Gasteiger partial charge on any atom is -0.497 e. The van der Waals surface area contributed by atoms with Gasteiger partial charge in [-0.1, -0.05) is 10.4 Å². The van der Waals surface area contributed by atoms with Crippen LogP contribution in [0.15, 0.2) is 59.3 Å². The Balaban J connectivity index is 1.49. The van der Waals surface area contributed by atoms with Crippen molar-refractivity contribution in [3.63, 3.8) is 0 Å². The van der Waals surface area contributed by atoms with Crippen molar-refractivity contribution in [3.8, 4) is 23.0 Å². The van der Waals surface area contributed by atoms with E-state index < -0.39 is 5.91 Å². The van der Waals surface area contributed by atoms with E-state index in [1.165, 1.54) is 16.8 Å². The Morgan fingerprint density at radius 3 is 2.61 bits per heavy atom. The van der Waals surface area contributed by atoms with Crippen LogP contribution < -0.4 is 10.1 Å². The molecule has 0 spiro atoms. The zero-order chi connectivity index (χ0) is 19.5. The lowest BCUT2D eigenvalue weighted by Crippen LogP contribution is -2.12. The first-order valence-electron chi connectivity index (χ1n) is 8.10. The van der Waals surface area contributed by atoms with Gasteiger partial charge in [-0.3, -0.25) is 4.79 Å². The van der Waals surface area contributed by atoms with Gasteiger partial charge in [0.15, 0.2) is 5.69 Å². The number of methoxy groups -OCH3 is 1. The molecule has 0 bridgehead atoms. The second-order valence-corrected chi connectivity index (χ2v) is 5.63. The topological polar surface area (TPSA) is 108 Å². The van der Waals surface area contributed by atoms with Crippen LogP contribution >= 0.6 is 0 Å². The summed E-state index contributed by atoms with van der Waals surface area (Å²) in [6.45, 7) is 0. The number of amides is 1. The molecule has 0 saturated heterocycles. The number of nitrogens with zero attached hydrogens (tertiary/aromatic N) is 5. The molecular formula is C18H13FN6O3. The molecule has 0 aliphatic rings. The number of carbonyl (C=O) groups excluding carboxylic acids is 1. The number of rotatable bonds is 5. The Morgan fingerprint density at radius 1 is 1.14 bits per heavy atom. The van der Waals surface area contributed by atoms with Crippen molar-refractivity contribution in [1.82, 2.24) is 25.1 Å². The maximum atomic E-state index is 13.0. The summed E-state index contributed by atoms with van der Waals surface area (Å²) in [5.74, 6) is -0.359. The fourth-order valence-corrected chi connectivity index (χ4v) is 2.36. The summed E-state index contributed by atoms with van der Waals surface area (Å²) in [5, 5.41) is 14.3. The lowest BCUT2D eigenvalue weighted by atomic mass is 10.3.